The molecule has 1 aromatic carbocycles. The summed E-state index contributed by atoms with van der Waals surface area (Å²) in [7, 11) is 0. The van der Waals surface area contributed by atoms with Crippen LogP contribution in [0.3, 0.4) is 0 Å². The summed E-state index contributed by atoms with van der Waals surface area (Å²) in [6.45, 7) is 11.5. The number of benzene rings is 1. The molecular formula is C24H33F3N4. The second-order valence-electron chi connectivity index (χ2n) is 9.29. The van der Waals surface area contributed by atoms with Gasteiger partial charge in [0.05, 0.1) is 5.69 Å². The van der Waals surface area contributed by atoms with Crippen molar-refractivity contribution in [3.63, 3.8) is 0 Å². The Bertz CT molecular complexity index is 920. The lowest BCUT2D eigenvalue weighted by molar-refractivity contribution is -0.141. The summed E-state index contributed by atoms with van der Waals surface area (Å²) in [5, 5.41) is 0. The minimum absolute atomic E-state index is 0.311. The Kier molecular flexibility index (Phi) is 6.08. The van der Waals surface area contributed by atoms with Crippen LogP contribution in [0, 0.1) is 26.7 Å². The molecule has 0 amide bonds. The highest BCUT2D eigenvalue weighted by atomic mass is 19.4. The average molecular weight is 435 g/mol. The molecule has 2 aliphatic rings. The molecule has 0 N–H and O–H groups in total. The standard InChI is InChI=1S/C24H33F3N4/c1-5-9-29(14-19-7-8-19)15-20-22(24(25,26)27)28-23-30(20)10-6-11-31(23)21-17(3)12-16(2)13-18(21)4/h12-13,19H,5-11,14-15H2,1-4H3. The van der Waals surface area contributed by atoms with E-state index in [4.69, 9.17) is 0 Å². The van der Waals surface area contributed by atoms with Gasteiger partial charge in [0.2, 0.25) is 5.95 Å². The molecule has 1 fully saturated rings. The minimum atomic E-state index is -4.46. The van der Waals surface area contributed by atoms with Gasteiger partial charge in [-0.2, -0.15) is 13.2 Å². The summed E-state index contributed by atoms with van der Waals surface area (Å²) in [4.78, 5) is 8.42. The van der Waals surface area contributed by atoms with Crippen LogP contribution >= 0.6 is 0 Å². The zero-order chi connectivity index (χ0) is 22.3. The molecule has 0 bridgehead atoms. The van der Waals surface area contributed by atoms with Crippen LogP contribution in [0.2, 0.25) is 0 Å². The zero-order valence-corrected chi connectivity index (χ0v) is 19.0. The van der Waals surface area contributed by atoms with Crippen molar-refractivity contribution in [3.05, 3.63) is 40.2 Å². The summed E-state index contributed by atoms with van der Waals surface area (Å²) < 4.78 is 44.1. The van der Waals surface area contributed by atoms with Crippen molar-refractivity contribution in [1.82, 2.24) is 14.5 Å². The number of halogens is 3. The number of rotatable bonds is 7. The van der Waals surface area contributed by atoms with Gasteiger partial charge >= 0.3 is 6.18 Å². The topological polar surface area (TPSA) is 24.3 Å². The number of alkyl halides is 3. The monoisotopic (exact) mass is 434 g/mol. The number of hydrogen-bond donors (Lipinski definition) is 0. The molecule has 1 aromatic heterocycles. The average Bonchev–Trinajstić information content (AvgIpc) is 3.39. The molecule has 2 aromatic rings. The van der Waals surface area contributed by atoms with Gasteiger partial charge in [-0.1, -0.05) is 24.6 Å². The maximum Gasteiger partial charge on any atom is 0.435 e. The first-order chi connectivity index (χ1) is 14.7. The highest BCUT2D eigenvalue weighted by Gasteiger charge is 2.41. The van der Waals surface area contributed by atoms with Gasteiger partial charge in [-0.3, -0.25) is 4.90 Å². The van der Waals surface area contributed by atoms with E-state index in [9.17, 15) is 13.2 Å². The third-order valence-corrected chi connectivity index (χ3v) is 6.36. The smallest absolute Gasteiger partial charge is 0.312 e. The Balaban J connectivity index is 1.77. The van der Waals surface area contributed by atoms with Crippen LogP contribution in [-0.2, 0) is 19.3 Å². The molecule has 4 nitrogen and oxygen atoms in total. The number of imidazole rings is 1. The van der Waals surface area contributed by atoms with Gasteiger partial charge in [0, 0.05) is 31.9 Å². The van der Waals surface area contributed by atoms with E-state index in [-0.39, 0.29) is 0 Å². The molecule has 4 rings (SSSR count). The summed E-state index contributed by atoms with van der Waals surface area (Å²) in [5.74, 6) is 1.07. The van der Waals surface area contributed by atoms with Crippen molar-refractivity contribution in [2.75, 3.05) is 24.5 Å². The molecular weight excluding hydrogens is 401 g/mol. The van der Waals surface area contributed by atoms with E-state index in [2.05, 4.69) is 28.9 Å². The first-order valence-electron chi connectivity index (χ1n) is 11.4. The first-order valence-corrected chi connectivity index (χ1v) is 11.4. The molecule has 31 heavy (non-hydrogen) atoms. The zero-order valence-electron chi connectivity index (χ0n) is 19.0. The van der Waals surface area contributed by atoms with Crippen molar-refractivity contribution in [2.45, 2.75) is 72.6 Å². The predicted octanol–water partition coefficient (Wildman–Crippen LogP) is 5.99. The maximum absolute atomic E-state index is 14.1. The van der Waals surface area contributed by atoms with Crippen molar-refractivity contribution < 1.29 is 13.2 Å². The Hall–Kier alpha value is -2.02. The molecule has 2 heterocycles. The fraction of sp³-hybridized carbons (Fsp3) is 0.625. The molecule has 7 heteroatoms. The quantitative estimate of drug-likeness (QED) is 0.535. The predicted molar refractivity (Wildman–Crippen MR) is 118 cm³/mol. The summed E-state index contributed by atoms with van der Waals surface area (Å²) in [6, 6.07) is 4.18. The van der Waals surface area contributed by atoms with Gasteiger partial charge in [-0.25, -0.2) is 4.98 Å². The highest BCUT2D eigenvalue weighted by molar-refractivity contribution is 5.68. The molecule has 0 atom stereocenters. The third kappa shape index (κ3) is 4.61. The Morgan fingerprint density at radius 1 is 1.10 bits per heavy atom. The number of aryl methyl sites for hydroxylation is 3. The second-order valence-corrected chi connectivity index (χ2v) is 9.29. The lowest BCUT2D eigenvalue weighted by atomic mass is 10.0. The van der Waals surface area contributed by atoms with Gasteiger partial charge in [0.25, 0.3) is 0 Å². The van der Waals surface area contributed by atoms with E-state index < -0.39 is 11.9 Å². The van der Waals surface area contributed by atoms with Crippen LogP contribution in [0.15, 0.2) is 12.1 Å². The molecule has 0 spiro atoms. The molecule has 0 unspecified atom stereocenters. The fourth-order valence-corrected chi connectivity index (χ4v) is 5.03. The summed E-state index contributed by atoms with van der Waals surface area (Å²) >= 11 is 0. The molecule has 0 saturated heterocycles. The first kappa shape index (κ1) is 22.2. The van der Waals surface area contributed by atoms with Crippen molar-refractivity contribution in [1.29, 1.82) is 0 Å². The molecule has 1 saturated carbocycles. The van der Waals surface area contributed by atoms with Gasteiger partial charge in [-0.15, -0.1) is 0 Å². The maximum atomic E-state index is 14.1. The number of aromatic nitrogens is 2. The number of fused-ring (bicyclic) bond motifs is 1. The van der Waals surface area contributed by atoms with Crippen LogP contribution in [0.5, 0.6) is 0 Å². The number of nitrogens with zero attached hydrogens (tertiary/aromatic N) is 4. The molecule has 170 valence electrons. The number of hydrogen-bond acceptors (Lipinski definition) is 3. The van der Waals surface area contributed by atoms with E-state index in [0.29, 0.717) is 37.2 Å². The molecule has 0 radical (unpaired) electrons. The van der Waals surface area contributed by atoms with Crippen LogP contribution in [-0.4, -0.2) is 34.1 Å². The Morgan fingerprint density at radius 3 is 2.35 bits per heavy atom. The minimum Gasteiger partial charge on any atom is -0.312 e. The summed E-state index contributed by atoms with van der Waals surface area (Å²) in [6.07, 6.45) is -0.340. The SMILES string of the molecule is CCCN(Cc1c(C(F)(F)F)nc2n1CCCN2c1c(C)cc(C)cc1C)CC1CC1. The van der Waals surface area contributed by atoms with Gasteiger partial charge in [-0.05, 0) is 70.0 Å². The largest absolute Gasteiger partial charge is 0.435 e. The highest BCUT2D eigenvalue weighted by Crippen LogP contribution is 2.40. The normalized spacial score (nSPS) is 16.8. The molecule has 1 aliphatic heterocycles. The van der Waals surface area contributed by atoms with Crippen molar-refractivity contribution in [2.24, 2.45) is 5.92 Å². The third-order valence-electron chi connectivity index (χ3n) is 6.36. The Morgan fingerprint density at radius 2 is 1.77 bits per heavy atom. The summed E-state index contributed by atoms with van der Waals surface area (Å²) in [5.41, 5.74) is 3.90. The number of anilines is 2. The van der Waals surface area contributed by atoms with Crippen LogP contribution in [0.1, 0.15) is 60.7 Å². The lowest BCUT2D eigenvalue weighted by Gasteiger charge is -2.33. The van der Waals surface area contributed by atoms with E-state index >= 15 is 0 Å². The van der Waals surface area contributed by atoms with Gasteiger partial charge in [0.15, 0.2) is 5.69 Å². The van der Waals surface area contributed by atoms with Crippen LogP contribution < -0.4 is 4.90 Å². The van der Waals surface area contributed by atoms with Gasteiger partial charge < -0.3 is 9.47 Å². The van der Waals surface area contributed by atoms with E-state index in [1.807, 2.05) is 30.2 Å². The van der Waals surface area contributed by atoms with Crippen LogP contribution in [0.4, 0.5) is 24.8 Å². The lowest BCUT2D eigenvalue weighted by Crippen LogP contribution is -2.32. The van der Waals surface area contributed by atoms with E-state index in [1.165, 1.54) is 12.8 Å². The van der Waals surface area contributed by atoms with Crippen LogP contribution in [0.25, 0.3) is 0 Å². The van der Waals surface area contributed by atoms with E-state index in [0.717, 1.165) is 48.3 Å². The fourth-order valence-electron chi connectivity index (χ4n) is 5.03. The van der Waals surface area contributed by atoms with Gasteiger partial charge in [0.1, 0.15) is 0 Å². The van der Waals surface area contributed by atoms with E-state index in [1.54, 1.807) is 0 Å². The molecule has 1 aliphatic carbocycles. The second kappa shape index (κ2) is 8.49. The van der Waals surface area contributed by atoms with Crippen molar-refractivity contribution >= 4 is 11.6 Å². The Labute approximate surface area is 183 Å². The van der Waals surface area contributed by atoms with Crippen molar-refractivity contribution in [3.8, 4) is 0 Å².